The van der Waals surface area contributed by atoms with Crippen LogP contribution in [0.1, 0.15) is 38.3 Å². The van der Waals surface area contributed by atoms with E-state index in [0.717, 1.165) is 22.2 Å². The molecular weight excluding hydrogens is 346 g/mol. The number of ether oxygens (including phenoxy) is 1. The summed E-state index contributed by atoms with van der Waals surface area (Å²) in [4.78, 5) is 18.2. The maximum atomic E-state index is 12.0. The highest BCUT2D eigenvalue weighted by atomic mass is 16.6. The molecule has 0 spiro atoms. The number of benzene rings is 1. The zero-order valence-corrected chi connectivity index (χ0v) is 16.2. The van der Waals surface area contributed by atoms with Gasteiger partial charge in [0.25, 0.3) is 0 Å². The first-order valence-corrected chi connectivity index (χ1v) is 8.96. The van der Waals surface area contributed by atoms with Gasteiger partial charge in [-0.05, 0) is 33.8 Å². The molecule has 4 rings (SSSR count). The van der Waals surface area contributed by atoms with E-state index in [2.05, 4.69) is 15.2 Å². The molecule has 0 atom stereocenters. The quantitative estimate of drug-likeness (QED) is 0.689. The lowest BCUT2D eigenvalue weighted by Crippen LogP contribution is -2.50. The lowest BCUT2D eigenvalue weighted by Gasteiger charge is -2.37. The average molecular weight is 369 g/mol. The maximum Gasteiger partial charge on any atom is 0.410 e. The van der Waals surface area contributed by atoms with Crippen molar-refractivity contribution in [1.29, 1.82) is 0 Å². The van der Waals surface area contributed by atoms with Crippen LogP contribution in [-0.2, 0) is 11.8 Å². The van der Waals surface area contributed by atoms with Crippen molar-refractivity contribution in [2.24, 2.45) is 7.05 Å². The summed E-state index contributed by atoms with van der Waals surface area (Å²) in [6, 6.07) is 6.01. The molecule has 142 valence electrons. The first-order chi connectivity index (χ1) is 12.7. The highest BCUT2D eigenvalue weighted by Crippen LogP contribution is 2.30. The summed E-state index contributed by atoms with van der Waals surface area (Å²) in [7, 11) is 1.92. The second-order valence-corrected chi connectivity index (χ2v) is 7.98. The van der Waals surface area contributed by atoms with Crippen LogP contribution in [0.25, 0.3) is 22.3 Å². The van der Waals surface area contributed by atoms with E-state index in [0.29, 0.717) is 24.8 Å². The van der Waals surface area contributed by atoms with Gasteiger partial charge in [-0.2, -0.15) is 10.1 Å². The second-order valence-electron chi connectivity index (χ2n) is 7.98. The van der Waals surface area contributed by atoms with Crippen molar-refractivity contribution < 1.29 is 14.1 Å². The first-order valence-electron chi connectivity index (χ1n) is 8.96. The highest BCUT2D eigenvalue weighted by molar-refractivity contribution is 5.85. The van der Waals surface area contributed by atoms with Crippen molar-refractivity contribution in [2.75, 3.05) is 13.1 Å². The highest BCUT2D eigenvalue weighted by Gasteiger charge is 2.37. The molecular formula is C19H23N5O3. The maximum absolute atomic E-state index is 12.0. The van der Waals surface area contributed by atoms with Crippen LogP contribution in [0.3, 0.4) is 0 Å². The smallest absolute Gasteiger partial charge is 0.410 e. The molecule has 1 fully saturated rings. The molecule has 1 aliphatic rings. The van der Waals surface area contributed by atoms with Crippen LogP contribution in [0.5, 0.6) is 0 Å². The second kappa shape index (κ2) is 6.07. The molecule has 1 aromatic carbocycles. The van der Waals surface area contributed by atoms with E-state index < -0.39 is 5.60 Å². The van der Waals surface area contributed by atoms with Crippen LogP contribution in [0.15, 0.2) is 22.7 Å². The lowest BCUT2D eigenvalue weighted by atomic mass is 10.0. The molecule has 0 aliphatic carbocycles. The molecule has 8 nitrogen and oxygen atoms in total. The Morgan fingerprint density at radius 1 is 1.30 bits per heavy atom. The number of carbonyl (C=O) groups excluding carboxylic acids is 1. The van der Waals surface area contributed by atoms with Gasteiger partial charge in [-0.25, -0.2) is 4.79 Å². The van der Waals surface area contributed by atoms with Gasteiger partial charge in [-0.15, -0.1) is 0 Å². The number of amides is 1. The number of carbonyl (C=O) groups is 1. The van der Waals surface area contributed by atoms with Crippen molar-refractivity contribution in [3.63, 3.8) is 0 Å². The Labute approximate surface area is 157 Å². The molecule has 1 saturated heterocycles. The zero-order valence-electron chi connectivity index (χ0n) is 16.2. The number of nitrogens with zero attached hydrogens (tertiary/aromatic N) is 5. The fourth-order valence-electron chi connectivity index (χ4n) is 3.21. The Kier molecular flexibility index (Phi) is 3.94. The molecule has 0 bridgehead atoms. The van der Waals surface area contributed by atoms with Crippen LogP contribution >= 0.6 is 0 Å². The zero-order chi connectivity index (χ0) is 19.3. The summed E-state index contributed by atoms with van der Waals surface area (Å²) in [5, 5.41) is 9.65. The minimum atomic E-state index is -0.497. The Bertz CT molecular complexity index is 1010. The van der Waals surface area contributed by atoms with Crippen molar-refractivity contribution in [2.45, 2.75) is 39.2 Å². The van der Waals surface area contributed by atoms with Crippen molar-refractivity contribution in [3.8, 4) is 11.4 Å². The van der Waals surface area contributed by atoms with Crippen LogP contribution < -0.4 is 0 Å². The minimum absolute atomic E-state index is 0.0430. The summed E-state index contributed by atoms with van der Waals surface area (Å²) >= 11 is 0. The molecule has 0 unspecified atom stereocenters. The van der Waals surface area contributed by atoms with Crippen LogP contribution in [-0.4, -0.2) is 49.6 Å². The molecule has 8 heteroatoms. The average Bonchev–Trinajstić information content (AvgIpc) is 3.10. The number of aromatic nitrogens is 4. The molecule has 0 N–H and O–H groups in total. The third-order valence-corrected chi connectivity index (χ3v) is 4.62. The first kappa shape index (κ1) is 17.5. The molecule has 2 aromatic heterocycles. The van der Waals surface area contributed by atoms with Gasteiger partial charge in [-0.1, -0.05) is 17.3 Å². The van der Waals surface area contributed by atoms with E-state index >= 15 is 0 Å². The number of rotatable bonds is 2. The van der Waals surface area contributed by atoms with Gasteiger partial charge in [0.2, 0.25) is 11.7 Å². The molecule has 3 aromatic rings. The van der Waals surface area contributed by atoms with Crippen LogP contribution in [0, 0.1) is 6.92 Å². The Morgan fingerprint density at radius 3 is 2.74 bits per heavy atom. The van der Waals surface area contributed by atoms with Gasteiger partial charge >= 0.3 is 6.09 Å². The normalized spacial score (nSPS) is 15.2. The number of hydrogen-bond donors (Lipinski definition) is 0. The molecule has 3 heterocycles. The number of hydrogen-bond acceptors (Lipinski definition) is 6. The number of fused-ring (bicyclic) bond motifs is 1. The SMILES string of the molecule is Cc1nn(C)c2cc(-c3noc(C4CN(C(=O)OC(C)(C)C)C4)n3)ccc12. The van der Waals surface area contributed by atoms with E-state index in [-0.39, 0.29) is 12.0 Å². The molecule has 0 radical (unpaired) electrons. The third kappa shape index (κ3) is 3.27. The fourth-order valence-corrected chi connectivity index (χ4v) is 3.21. The summed E-state index contributed by atoms with van der Waals surface area (Å²) in [6.45, 7) is 8.60. The Hall–Kier alpha value is -2.90. The van der Waals surface area contributed by atoms with Crippen molar-refractivity contribution in [3.05, 3.63) is 29.8 Å². The summed E-state index contributed by atoms with van der Waals surface area (Å²) in [6.07, 6.45) is -0.310. The van der Waals surface area contributed by atoms with Crippen LogP contribution in [0.2, 0.25) is 0 Å². The van der Waals surface area contributed by atoms with E-state index in [1.54, 1.807) is 4.90 Å². The molecule has 27 heavy (non-hydrogen) atoms. The topological polar surface area (TPSA) is 86.3 Å². The Morgan fingerprint density at radius 2 is 2.04 bits per heavy atom. The Balaban J connectivity index is 1.47. The molecule has 0 saturated carbocycles. The lowest BCUT2D eigenvalue weighted by molar-refractivity contribution is 0.00558. The van der Waals surface area contributed by atoms with Gasteiger partial charge in [-0.3, -0.25) is 4.68 Å². The number of likely N-dealkylation sites (tertiary alicyclic amines) is 1. The van der Waals surface area contributed by atoms with Gasteiger partial charge in [0, 0.05) is 31.1 Å². The predicted molar refractivity (Wildman–Crippen MR) is 99.3 cm³/mol. The van der Waals surface area contributed by atoms with Gasteiger partial charge in [0.15, 0.2) is 0 Å². The van der Waals surface area contributed by atoms with E-state index in [4.69, 9.17) is 9.26 Å². The van der Waals surface area contributed by atoms with Gasteiger partial charge in [0.1, 0.15) is 5.60 Å². The van der Waals surface area contributed by atoms with Crippen molar-refractivity contribution >= 4 is 17.0 Å². The van der Waals surface area contributed by atoms with Gasteiger partial charge < -0.3 is 14.2 Å². The standard InChI is InChI=1S/C19H23N5O3/c1-11-14-7-6-12(8-15(14)23(5)21-11)16-20-17(27-22-16)13-9-24(10-13)18(25)26-19(2,3)4/h6-8,13H,9-10H2,1-5H3. The molecule has 1 amide bonds. The fraction of sp³-hybridized carbons (Fsp3) is 0.474. The van der Waals surface area contributed by atoms with Crippen LogP contribution in [0.4, 0.5) is 4.79 Å². The molecule has 1 aliphatic heterocycles. The van der Waals surface area contributed by atoms with Crippen molar-refractivity contribution in [1.82, 2.24) is 24.8 Å². The minimum Gasteiger partial charge on any atom is -0.444 e. The van der Waals surface area contributed by atoms with E-state index in [1.165, 1.54) is 0 Å². The monoisotopic (exact) mass is 369 g/mol. The third-order valence-electron chi connectivity index (χ3n) is 4.62. The predicted octanol–water partition coefficient (Wildman–Crippen LogP) is 3.27. The summed E-state index contributed by atoms with van der Waals surface area (Å²) in [5.41, 5.74) is 2.40. The van der Waals surface area contributed by atoms with Gasteiger partial charge in [0.05, 0.1) is 17.1 Å². The van der Waals surface area contributed by atoms with E-state index in [9.17, 15) is 4.79 Å². The largest absolute Gasteiger partial charge is 0.444 e. The summed E-state index contributed by atoms with van der Waals surface area (Å²) < 4.78 is 12.7. The van der Waals surface area contributed by atoms with E-state index in [1.807, 2.05) is 57.6 Å². The number of aryl methyl sites for hydroxylation is 2. The summed E-state index contributed by atoms with van der Waals surface area (Å²) in [5.74, 6) is 1.13.